The number of thiocarbonyl (C=S) groups is 1. The molecule has 9 heteroatoms. The molecule has 0 fully saturated rings. The molecule has 2 amide bonds. The van der Waals surface area contributed by atoms with Crippen LogP contribution in [0.1, 0.15) is 15.9 Å². The maximum atomic E-state index is 12.4. The van der Waals surface area contributed by atoms with Crippen LogP contribution in [0.3, 0.4) is 0 Å². The minimum absolute atomic E-state index is 0.0554. The molecule has 0 aliphatic rings. The lowest BCUT2D eigenvalue weighted by molar-refractivity contribution is -0.121. The number of rotatable bonds is 6. The van der Waals surface area contributed by atoms with Gasteiger partial charge in [0.1, 0.15) is 0 Å². The summed E-state index contributed by atoms with van der Waals surface area (Å²) in [5.74, 6) is 0.240. The number of methoxy groups -OCH3 is 3. The third kappa shape index (κ3) is 5.58. The van der Waals surface area contributed by atoms with Crippen LogP contribution in [0.15, 0.2) is 42.5 Å². The maximum absolute atomic E-state index is 12.4. The fraction of sp³-hybridized carbons (Fsp3) is 0.211. The zero-order valence-corrected chi connectivity index (χ0v) is 16.5. The van der Waals surface area contributed by atoms with Crippen LogP contribution >= 0.6 is 12.2 Å². The Morgan fingerprint density at radius 3 is 2.07 bits per heavy atom. The molecule has 0 aliphatic carbocycles. The van der Waals surface area contributed by atoms with E-state index < -0.39 is 5.91 Å². The Hall–Kier alpha value is -3.33. The molecule has 0 atom stereocenters. The SMILES string of the molecule is COc1cc(C(=O)NC(=S)NNC(=O)Cc2ccccc2)cc(OC)c1OC. The Bertz CT molecular complexity index is 833. The number of hydrogen-bond acceptors (Lipinski definition) is 6. The molecule has 0 saturated heterocycles. The van der Waals surface area contributed by atoms with Gasteiger partial charge in [-0.15, -0.1) is 0 Å². The molecule has 0 saturated carbocycles. The first-order valence-electron chi connectivity index (χ1n) is 8.22. The van der Waals surface area contributed by atoms with Gasteiger partial charge in [0.15, 0.2) is 16.6 Å². The molecule has 0 bridgehead atoms. The molecular weight excluding hydrogens is 382 g/mol. The highest BCUT2D eigenvalue weighted by Crippen LogP contribution is 2.38. The molecule has 2 aromatic carbocycles. The predicted octanol–water partition coefficient (Wildman–Crippen LogP) is 1.59. The van der Waals surface area contributed by atoms with Crippen molar-refractivity contribution in [2.75, 3.05) is 21.3 Å². The normalized spacial score (nSPS) is 9.82. The van der Waals surface area contributed by atoms with Crippen LogP contribution in [0.2, 0.25) is 0 Å². The van der Waals surface area contributed by atoms with Gasteiger partial charge in [-0.1, -0.05) is 30.3 Å². The summed E-state index contributed by atoms with van der Waals surface area (Å²) < 4.78 is 15.7. The lowest BCUT2D eigenvalue weighted by Crippen LogP contribution is -2.48. The van der Waals surface area contributed by atoms with E-state index in [0.29, 0.717) is 17.2 Å². The smallest absolute Gasteiger partial charge is 0.257 e. The first-order chi connectivity index (χ1) is 13.5. The van der Waals surface area contributed by atoms with Crippen LogP contribution in [-0.2, 0) is 11.2 Å². The van der Waals surface area contributed by atoms with E-state index in [0.717, 1.165) is 5.56 Å². The van der Waals surface area contributed by atoms with Gasteiger partial charge in [0.25, 0.3) is 5.91 Å². The predicted molar refractivity (Wildman–Crippen MR) is 108 cm³/mol. The molecule has 28 heavy (non-hydrogen) atoms. The number of hydrogen-bond donors (Lipinski definition) is 3. The maximum Gasteiger partial charge on any atom is 0.257 e. The quantitative estimate of drug-likeness (QED) is 0.498. The van der Waals surface area contributed by atoms with Crippen LogP contribution in [0.25, 0.3) is 0 Å². The van der Waals surface area contributed by atoms with E-state index >= 15 is 0 Å². The molecule has 8 nitrogen and oxygen atoms in total. The van der Waals surface area contributed by atoms with Gasteiger partial charge in [-0.25, -0.2) is 0 Å². The number of ether oxygens (including phenoxy) is 3. The summed E-state index contributed by atoms with van der Waals surface area (Å²) in [7, 11) is 4.37. The van der Waals surface area contributed by atoms with Crippen LogP contribution in [-0.4, -0.2) is 38.3 Å². The van der Waals surface area contributed by atoms with Gasteiger partial charge in [-0.2, -0.15) is 0 Å². The molecule has 0 unspecified atom stereocenters. The van der Waals surface area contributed by atoms with Gasteiger partial charge in [0, 0.05) is 5.56 Å². The van der Waals surface area contributed by atoms with Gasteiger partial charge in [0.2, 0.25) is 11.7 Å². The number of amides is 2. The van der Waals surface area contributed by atoms with Crippen molar-refractivity contribution in [3.05, 3.63) is 53.6 Å². The topological polar surface area (TPSA) is 97.9 Å². The van der Waals surface area contributed by atoms with E-state index in [1.165, 1.54) is 33.5 Å². The minimum Gasteiger partial charge on any atom is -0.493 e. The third-order valence-corrected chi connectivity index (χ3v) is 3.88. The first-order valence-corrected chi connectivity index (χ1v) is 8.63. The van der Waals surface area contributed by atoms with E-state index in [1.807, 2.05) is 30.3 Å². The lowest BCUT2D eigenvalue weighted by Gasteiger charge is -2.15. The van der Waals surface area contributed by atoms with E-state index in [-0.39, 0.29) is 23.0 Å². The molecule has 0 aromatic heterocycles. The average molecular weight is 403 g/mol. The zero-order chi connectivity index (χ0) is 20.5. The Morgan fingerprint density at radius 2 is 1.54 bits per heavy atom. The molecule has 2 rings (SSSR count). The van der Waals surface area contributed by atoms with Crippen molar-refractivity contribution >= 4 is 29.1 Å². The number of nitrogens with one attached hydrogen (secondary N) is 3. The number of carbonyl (C=O) groups excluding carboxylic acids is 2. The Kier molecular flexibility index (Phi) is 7.58. The van der Waals surface area contributed by atoms with E-state index in [1.54, 1.807) is 0 Å². The largest absolute Gasteiger partial charge is 0.493 e. The Labute approximate surface area is 168 Å². The summed E-state index contributed by atoms with van der Waals surface area (Å²) in [5, 5.41) is 2.41. The molecule has 0 radical (unpaired) electrons. The molecule has 0 aliphatic heterocycles. The monoisotopic (exact) mass is 403 g/mol. The second-order valence-corrected chi connectivity index (χ2v) is 5.94. The van der Waals surface area contributed by atoms with Crippen molar-refractivity contribution in [2.45, 2.75) is 6.42 Å². The van der Waals surface area contributed by atoms with Gasteiger partial charge in [-0.3, -0.25) is 25.8 Å². The summed E-state index contributed by atoms with van der Waals surface area (Å²) in [6.45, 7) is 0. The van der Waals surface area contributed by atoms with Crippen molar-refractivity contribution in [1.29, 1.82) is 0 Å². The second-order valence-electron chi connectivity index (χ2n) is 5.53. The molecule has 3 N–H and O–H groups in total. The summed E-state index contributed by atoms with van der Waals surface area (Å²) in [5.41, 5.74) is 6.03. The second kappa shape index (κ2) is 10.1. The van der Waals surface area contributed by atoms with Crippen molar-refractivity contribution in [3.8, 4) is 17.2 Å². The van der Waals surface area contributed by atoms with Crippen molar-refractivity contribution in [1.82, 2.24) is 16.2 Å². The number of hydrazine groups is 1. The Morgan fingerprint density at radius 1 is 0.929 bits per heavy atom. The van der Waals surface area contributed by atoms with Gasteiger partial charge in [0.05, 0.1) is 27.8 Å². The average Bonchev–Trinajstić information content (AvgIpc) is 2.71. The fourth-order valence-corrected chi connectivity index (χ4v) is 2.51. The van der Waals surface area contributed by atoms with Crippen molar-refractivity contribution in [2.24, 2.45) is 0 Å². The third-order valence-electron chi connectivity index (χ3n) is 3.68. The van der Waals surface area contributed by atoms with E-state index in [2.05, 4.69) is 16.2 Å². The molecule has 148 valence electrons. The zero-order valence-electron chi connectivity index (χ0n) is 15.7. The summed E-state index contributed by atoms with van der Waals surface area (Å²) in [4.78, 5) is 24.3. The molecule has 2 aromatic rings. The summed E-state index contributed by atoms with van der Waals surface area (Å²) in [6, 6.07) is 12.2. The molecular formula is C19H21N3O5S. The number of benzene rings is 2. The van der Waals surface area contributed by atoms with Gasteiger partial charge in [-0.05, 0) is 29.9 Å². The standard InChI is InChI=1S/C19H21N3O5S/c1-25-14-10-13(11-15(26-2)17(14)27-3)18(24)20-19(28)22-21-16(23)9-12-7-5-4-6-8-12/h4-8,10-11H,9H2,1-3H3,(H,21,23)(H2,20,22,24,28). The first kappa shape index (κ1) is 21.0. The molecule has 0 heterocycles. The number of carbonyl (C=O) groups is 2. The van der Waals surface area contributed by atoms with E-state index in [9.17, 15) is 9.59 Å². The fourth-order valence-electron chi connectivity index (χ4n) is 2.37. The summed E-state index contributed by atoms with van der Waals surface area (Å²) >= 11 is 5.04. The van der Waals surface area contributed by atoms with Crippen LogP contribution in [0, 0.1) is 0 Å². The van der Waals surface area contributed by atoms with Crippen LogP contribution in [0.4, 0.5) is 0 Å². The molecule has 0 spiro atoms. The highest BCUT2D eigenvalue weighted by molar-refractivity contribution is 7.80. The highest BCUT2D eigenvalue weighted by Gasteiger charge is 2.17. The van der Waals surface area contributed by atoms with Crippen LogP contribution in [0.5, 0.6) is 17.2 Å². The van der Waals surface area contributed by atoms with Crippen molar-refractivity contribution in [3.63, 3.8) is 0 Å². The van der Waals surface area contributed by atoms with Gasteiger partial charge >= 0.3 is 0 Å². The highest BCUT2D eigenvalue weighted by atomic mass is 32.1. The van der Waals surface area contributed by atoms with Crippen LogP contribution < -0.4 is 30.4 Å². The van der Waals surface area contributed by atoms with Crippen molar-refractivity contribution < 1.29 is 23.8 Å². The van der Waals surface area contributed by atoms with E-state index in [4.69, 9.17) is 26.4 Å². The lowest BCUT2D eigenvalue weighted by atomic mass is 10.1. The minimum atomic E-state index is -0.505. The Balaban J connectivity index is 1.95. The van der Waals surface area contributed by atoms with Gasteiger partial charge < -0.3 is 14.2 Å². The summed E-state index contributed by atoms with van der Waals surface area (Å²) in [6.07, 6.45) is 0.178.